The van der Waals surface area contributed by atoms with Gasteiger partial charge in [0.15, 0.2) is 0 Å². The van der Waals surface area contributed by atoms with Crippen LogP contribution in [0.2, 0.25) is 0 Å². The first-order valence-electron chi connectivity index (χ1n) is 1.34. The third kappa shape index (κ3) is 410. The van der Waals surface area contributed by atoms with Crippen LogP contribution in [-0.4, -0.2) is 103 Å². The molecule has 0 amide bonds. The third-order valence-corrected chi connectivity index (χ3v) is 0. The summed E-state index contributed by atoms with van der Waals surface area (Å²) in [5.74, 6) is 0. The maximum atomic E-state index is 6.25. The largest absolute Gasteiger partial charge is 4.00 e. The van der Waals surface area contributed by atoms with Crippen molar-refractivity contribution in [2.75, 3.05) is 0 Å². The summed E-state index contributed by atoms with van der Waals surface area (Å²) in [4.78, 5) is 0. The third-order valence-electron chi connectivity index (χ3n) is 0. The Labute approximate surface area is 296 Å². The molecule has 0 aliphatic rings. The molecule has 0 aliphatic carbocycles. The molecule has 0 N–H and O–H groups in total. The van der Waals surface area contributed by atoms with E-state index in [9.17, 15) is 0 Å². The zero-order valence-electron chi connectivity index (χ0n) is 10.4. The minimum Gasteiger partial charge on any atom is -0.512 e. The van der Waals surface area contributed by atoms with Gasteiger partial charge in [0.1, 0.15) is 0 Å². The fourth-order valence-corrected chi connectivity index (χ4v) is 0. The van der Waals surface area contributed by atoms with Crippen LogP contribution in [0.5, 0.6) is 0 Å². The van der Waals surface area contributed by atoms with Crippen molar-refractivity contribution in [3.05, 3.63) is 39.4 Å². The molecule has 0 spiro atoms. The van der Waals surface area contributed by atoms with E-state index < -0.39 is 0 Å². The molecule has 0 aliphatic heterocycles. The SMILES string of the molecule is Cl.[C-]#N.[C-]#N.[C-]#N.[C-]#N.[C-]#N.[C-]#N.[Fe+4].[K+].[K+].[K].[K]. The first-order valence-corrected chi connectivity index (χ1v) is 1.34. The van der Waals surface area contributed by atoms with Crippen molar-refractivity contribution in [2.24, 2.45) is 0 Å². The smallest absolute Gasteiger partial charge is 0.512 e. The molecule has 6 nitrogen and oxygen atoms in total. The molecule has 0 heterocycles. The molecule has 0 bridgehead atoms. The molecule has 0 saturated carbocycles. The first kappa shape index (κ1) is 95.4. The molecule has 0 rings (SSSR count). The molecule has 0 atom stereocenters. The Kier molecular flexibility index (Phi) is 2520. The van der Waals surface area contributed by atoms with Gasteiger partial charge in [-0.05, 0) is 0 Å². The van der Waals surface area contributed by atoms with Gasteiger partial charge >= 0.3 is 120 Å². The number of nitrogens with zero attached hydrogens (tertiary/aromatic N) is 6. The molecule has 74 valence electrons. The van der Waals surface area contributed by atoms with E-state index in [2.05, 4.69) is 0 Å². The van der Waals surface area contributed by atoms with Crippen molar-refractivity contribution in [1.82, 2.24) is 0 Å². The standard InChI is InChI=1S/6CN.ClH.Fe.4K/c6*1-2;;;;;;/h;;;;;;1H;;;;;/q6*-1;;+4;;;2*+1. The van der Waals surface area contributed by atoms with Gasteiger partial charge in [0.05, 0.1) is 0 Å². The average Bonchev–Trinajstić information content (AvgIpc) is 2.33. The van der Waals surface area contributed by atoms with Crippen LogP contribution in [-0.2, 0) is 17.1 Å². The zero-order valence-corrected chi connectivity index (χ0v) is 24.9. The Morgan fingerprint density at radius 1 is 0.389 bits per heavy atom. The summed E-state index contributed by atoms with van der Waals surface area (Å²) in [5.41, 5.74) is 0. The van der Waals surface area contributed by atoms with Crippen LogP contribution in [0.4, 0.5) is 0 Å². The fraction of sp³-hybridized carbons (Fsp3) is 0. The molecule has 0 aromatic heterocycles. The van der Waals surface area contributed by atoms with Crippen molar-refractivity contribution in [1.29, 1.82) is 31.6 Å². The van der Waals surface area contributed by atoms with Gasteiger partial charge in [-0.2, -0.15) is 0 Å². The molecule has 18 heavy (non-hydrogen) atoms. The van der Waals surface area contributed by atoms with Crippen LogP contribution in [0.1, 0.15) is 0 Å². The number of hydrogen-bond donors (Lipinski definition) is 0. The number of halogens is 1. The van der Waals surface area contributed by atoms with E-state index in [1.54, 1.807) is 0 Å². The van der Waals surface area contributed by atoms with Crippen LogP contribution in [0.3, 0.4) is 0 Å². The summed E-state index contributed by atoms with van der Waals surface area (Å²) < 4.78 is 0. The Bertz CT molecular complexity index is 111. The molecule has 0 unspecified atom stereocenters. The van der Waals surface area contributed by atoms with Crippen LogP contribution < -0.4 is 103 Å². The van der Waals surface area contributed by atoms with Crippen LogP contribution in [0, 0.1) is 71.0 Å². The molecule has 2 radical (unpaired) electrons. The summed E-state index contributed by atoms with van der Waals surface area (Å²) >= 11 is 0. The van der Waals surface area contributed by atoms with Gasteiger partial charge in [-0.25, -0.2) is 0 Å². The van der Waals surface area contributed by atoms with E-state index in [1.165, 1.54) is 0 Å². The first-order chi connectivity index (χ1) is 6.00. The Morgan fingerprint density at radius 3 is 0.389 bits per heavy atom. The van der Waals surface area contributed by atoms with Crippen LogP contribution in [0.25, 0.3) is 0 Å². The van der Waals surface area contributed by atoms with E-state index in [1.807, 2.05) is 0 Å². The summed E-state index contributed by atoms with van der Waals surface area (Å²) in [7, 11) is 0. The maximum absolute atomic E-state index is 6.25. The zero-order chi connectivity index (χ0) is 12.0. The van der Waals surface area contributed by atoms with Crippen molar-refractivity contribution < 1.29 is 120 Å². The fourth-order valence-electron chi connectivity index (χ4n) is 0. The second kappa shape index (κ2) is 475. The van der Waals surface area contributed by atoms with E-state index in [-0.39, 0.29) is 235 Å². The monoisotopic (exact) mass is 404 g/mol. The van der Waals surface area contributed by atoms with Gasteiger partial charge in [-0.3, -0.25) is 0 Å². The van der Waals surface area contributed by atoms with Gasteiger partial charge in [0.2, 0.25) is 0 Å². The van der Waals surface area contributed by atoms with Gasteiger partial charge < -0.3 is 71.0 Å². The molecule has 0 aromatic rings. The van der Waals surface area contributed by atoms with Gasteiger partial charge in [0.25, 0.3) is 0 Å². The van der Waals surface area contributed by atoms with Crippen molar-refractivity contribution in [3.8, 4) is 0 Å². The molecule has 0 fully saturated rings. The van der Waals surface area contributed by atoms with E-state index in [0.717, 1.165) is 0 Å². The molecular weight excluding hydrogens is 404 g/mol. The van der Waals surface area contributed by atoms with E-state index >= 15 is 0 Å². The minimum absolute atomic E-state index is 0. The van der Waals surface area contributed by atoms with E-state index in [0.29, 0.717) is 0 Å². The predicted octanol–water partition coefficient (Wildman–Crippen LogP) is -5.76. The van der Waals surface area contributed by atoms with Gasteiger partial charge in [-0.15, -0.1) is 12.4 Å². The summed E-state index contributed by atoms with van der Waals surface area (Å²) in [5, 5.41) is 37.5. The normalized spacial score (nSPS) is 0.667. The molecule has 0 aromatic carbocycles. The quantitative estimate of drug-likeness (QED) is 0.291. The van der Waals surface area contributed by atoms with Crippen molar-refractivity contribution in [3.63, 3.8) is 0 Å². The average molecular weight is 405 g/mol. The summed E-state index contributed by atoms with van der Waals surface area (Å²) in [6.07, 6.45) is 0. The number of hydrogen-bond acceptors (Lipinski definition) is 6. The number of rotatable bonds is 0. The van der Waals surface area contributed by atoms with Gasteiger partial charge in [0, 0.05) is 103 Å². The Morgan fingerprint density at radius 2 is 0.389 bits per heavy atom. The minimum atomic E-state index is 0. The Balaban J connectivity index is -0.00000000225. The second-order valence-corrected chi connectivity index (χ2v) is 0. The predicted molar refractivity (Wildman–Crippen MR) is 48.6 cm³/mol. The van der Waals surface area contributed by atoms with Crippen molar-refractivity contribution >= 4 is 115 Å². The Hall–Kier alpha value is 4.29. The second-order valence-electron chi connectivity index (χ2n) is 0. The molecule has 12 heteroatoms. The topological polar surface area (TPSA) is 143 Å². The van der Waals surface area contributed by atoms with Gasteiger partial charge in [-0.1, -0.05) is 0 Å². The van der Waals surface area contributed by atoms with Crippen LogP contribution >= 0.6 is 12.4 Å². The summed E-state index contributed by atoms with van der Waals surface area (Å²) in [6.45, 7) is 28.5. The van der Waals surface area contributed by atoms with Crippen molar-refractivity contribution in [2.45, 2.75) is 0 Å². The molecular formula is C6HClFeK4N6. The van der Waals surface area contributed by atoms with E-state index in [4.69, 9.17) is 71.0 Å². The maximum Gasteiger partial charge on any atom is 4.00 e. The molecule has 0 saturated heterocycles. The van der Waals surface area contributed by atoms with Crippen LogP contribution in [0.15, 0.2) is 0 Å². The summed E-state index contributed by atoms with van der Waals surface area (Å²) in [6, 6.07) is 0.